The van der Waals surface area contributed by atoms with Gasteiger partial charge in [0.15, 0.2) is 0 Å². The number of carbonyl (C=O) groups excluding carboxylic acids is 4. The van der Waals surface area contributed by atoms with Crippen LogP contribution in [-0.2, 0) is 42.9 Å². The largest absolute Gasteiger partial charge is 0.481 e. The standard InChI is InChI=1S/C31H50F2O10/c1-6-22(26(37)43-23-12-10-8-7-9-11-13-23)20-30(4,28(39)41-17-16-31(5,32)33)21-29(2,3)27(38)42-19-18-40-25(36)15-14-24(34)35/h22-23H,6-21H2,1-5H3,(H,34,35). The lowest BCUT2D eigenvalue weighted by Crippen LogP contribution is -2.42. The van der Waals surface area contributed by atoms with E-state index in [4.69, 9.17) is 24.1 Å². The van der Waals surface area contributed by atoms with Crippen LogP contribution in [0.4, 0.5) is 8.78 Å². The molecule has 1 fully saturated rings. The van der Waals surface area contributed by atoms with Gasteiger partial charge in [0, 0.05) is 6.42 Å². The number of rotatable bonds is 18. The summed E-state index contributed by atoms with van der Waals surface area (Å²) in [6, 6.07) is 0. The van der Waals surface area contributed by atoms with Crippen LogP contribution in [0.2, 0.25) is 0 Å². The molecule has 0 aromatic carbocycles. The highest BCUT2D eigenvalue weighted by Crippen LogP contribution is 2.42. The Labute approximate surface area is 253 Å². The molecule has 0 heterocycles. The molecule has 12 heteroatoms. The second-order valence-electron chi connectivity index (χ2n) is 12.5. The molecule has 0 aliphatic heterocycles. The van der Waals surface area contributed by atoms with Crippen molar-refractivity contribution in [2.75, 3.05) is 19.8 Å². The van der Waals surface area contributed by atoms with Crippen LogP contribution in [0.15, 0.2) is 0 Å². The number of carbonyl (C=O) groups is 5. The van der Waals surface area contributed by atoms with Crippen molar-refractivity contribution in [3.05, 3.63) is 0 Å². The average Bonchev–Trinajstić information content (AvgIpc) is 2.88. The van der Waals surface area contributed by atoms with Crippen LogP contribution in [0.3, 0.4) is 0 Å². The normalized spacial score (nSPS) is 17.0. The van der Waals surface area contributed by atoms with E-state index in [1.54, 1.807) is 27.7 Å². The number of halogens is 2. The Bertz CT molecular complexity index is 922. The van der Waals surface area contributed by atoms with Crippen molar-refractivity contribution in [2.24, 2.45) is 16.7 Å². The zero-order valence-electron chi connectivity index (χ0n) is 26.3. The smallest absolute Gasteiger partial charge is 0.311 e. The first-order valence-corrected chi connectivity index (χ1v) is 15.3. The third kappa shape index (κ3) is 15.5. The lowest BCUT2D eigenvalue weighted by atomic mass is 9.69. The maximum Gasteiger partial charge on any atom is 0.311 e. The monoisotopic (exact) mass is 620 g/mol. The van der Waals surface area contributed by atoms with Gasteiger partial charge in [-0.05, 0) is 72.6 Å². The zero-order valence-corrected chi connectivity index (χ0v) is 26.3. The molecule has 0 aromatic rings. The van der Waals surface area contributed by atoms with Gasteiger partial charge in [0.05, 0.1) is 36.2 Å². The number of carboxylic acids is 1. The molecular weight excluding hydrogens is 570 g/mol. The summed E-state index contributed by atoms with van der Waals surface area (Å²) in [6.07, 6.45) is 5.48. The number of hydrogen-bond donors (Lipinski definition) is 1. The van der Waals surface area contributed by atoms with E-state index in [1.807, 2.05) is 0 Å². The summed E-state index contributed by atoms with van der Waals surface area (Å²) < 4.78 is 48.1. The van der Waals surface area contributed by atoms with Gasteiger partial charge in [-0.2, -0.15) is 0 Å². The summed E-state index contributed by atoms with van der Waals surface area (Å²) in [5.74, 6) is -7.56. The van der Waals surface area contributed by atoms with Gasteiger partial charge in [-0.25, -0.2) is 8.78 Å². The van der Waals surface area contributed by atoms with Crippen LogP contribution in [-0.4, -0.2) is 66.8 Å². The average molecular weight is 621 g/mol. The topological polar surface area (TPSA) is 142 Å². The lowest BCUT2D eigenvalue weighted by Gasteiger charge is -2.36. The number of esters is 4. The fourth-order valence-electron chi connectivity index (χ4n) is 5.27. The SMILES string of the molecule is CCC(CC(C)(CC(C)(C)C(=O)OCCOC(=O)CCC(=O)O)C(=O)OCCC(C)(F)F)C(=O)OC1CCCCCCC1. The Balaban J connectivity index is 2.96. The minimum atomic E-state index is -3.04. The summed E-state index contributed by atoms with van der Waals surface area (Å²) in [6.45, 7) is 6.06. The molecule has 0 spiro atoms. The molecule has 0 saturated heterocycles. The van der Waals surface area contributed by atoms with Crippen molar-refractivity contribution >= 4 is 29.8 Å². The van der Waals surface area contributed by atoms with Crippen molar-refractivity contribution < 1.29 is 56.8 Å². The molecular formula is C31H50F2O10. The number of carboxylic acid groups (broad SMARTS) is 1. The van der Waals surface area contributed by atoms with Crippen molar-refractivity contribution in [3.63, 3.8) is 0 Å². The first-order valence-electron chi connectivity index (χ1n) is 15.3. The summed E-state index contributed by atoms with van der Waals surface area (Å²) in [5.41, 5.74) is -2.70. The molecule has 248 valence electrons. The lowest BCUT2D eigenvalue weighted by molar-refractivity contribution is -0.168. The molecule has 2 atom stereocenters. The van der Waals surface area contributed by atoms with Gasteiger partial charge >= 0.3 is 29.8 Å². The summed E-state index contributed by atoms with van der Waals surface area (Å²) in [4.78, 5) is 61.8. The Hall–Kier alpha value is -2.79. The van der Waals surface area contributed by atoms with Crippen LogP contribution >= 0.6 is 0 Å². The second kappa shape index (κ2) is 18.1. The minimum absolute atomic E-state index is 0.0195. The van der Waals surface area contributed by atoms with Crippen LogP contribution in [0.1, 0.15) is 118 Å². The highest BCUT2D eigenvalue weighted by atomic mass is 19.3. The fraction of sp³-hybridized carbons (Fsp3) is 0.839. The maximum atomic E-state index is 13.4. The Morgan fingerprint density at radius 1 is 0.814 bits per heavy atom. The van der Waals surface area contributed by atoms with Crippen LogP contribution < -0.4 is 0 Å². The Morgan fingerprint density at radius 2 is 1.37 bits per heavy atom. The highest BCUT2D eigenvalue weighted by molar-refractivity contribution is 5.81. The van der Waals surface area contributed by atoms with Gasteiger partial charge in [0.2, 0.25) is 5.92 Å². The van der Waals surface area contributed by atoms with E-state index in [0.29, 0.717) is 6.42 Å². The molecule has 43 heavy (non-hydrogen) atoms. The van der Waals surface area contributed by atoms with Gasteiger partial charge in [-0.3, -0.25) is 24.0 Å². The molecule has 0 amide bonds. The van der Waals surface area contributed by atoms with E-state index < -0.39 is 65.5 Å². The van der Waals surface area contributed by atoms with Gasteiger partial charge < -0.3 is 24.1 Å². The molecule has 0 aromatic heterocycles. The van der Waals surface area contributed by atoms with E-state index in [1.165, 1.54) is 6.42 Å². The van der Waals surface area contributed by atoms with Crippen LogP contribution in [0.5, 0.6) is 0 Å². The molecule has 1 aliphatic rings. The molecule has 10 nitrogen and oxygen atoms in total. The number of aliphatic carboxylic acids is 1. The number of alkyl halides is 2. The summed E-state index contributed by atoms with van der Waals surface area (Å²) in [7, 11) is 0. The first kappa shape index (κ1) is 38.2. The summed E-state index contributed by atoms with van der Waals surface area (Å²) >= 11 is 0. The predicted octanol–water partition coefficient (Wildman–Crippen LogP) is 6.02. The molecule has 1 aliphatic carbocycles. The minimum Gasteiger partial charge on any atom is -0.481 e. The summed E-state index contributed by atoms with van der Waals surface area (Å²) in [5, 5.41) is 8.64. The quantitative estimate of drug-likeness (QED) is 0.110. The fourth-order valence-corrected chi connectivity index (χ4v) is 5.27. The Kier molecular flexibility index (Phi) is 16.1. The zero-order chi connectivity index (χ0) is 32.7. The van der Waals surface area contributed by atoms with Gasteiger partial charge in [-0.1, -0.05) is 26.2 Å². The third-order valence-electron chi connectivity index (χ3n) is 7.63. The third-order valence-corrected chi connectivity index (χ3v) is 7.63. The van der Waals surface area contributed by atoms with Crippen LogP contribution in [0, 0.1) is 16.7 Å². The number of hydrogen-bond acceptors (Lipinski definition) is 9. The van der Waals surface area contributed by atoms with E-state index in [9.17, 15) is 32.8 Å². The van der Waals surface area contributed by atoms with Gasteiger partial charge in [-0.15, -0.1) is 0 Å². The van der Waals surface area contributed by atoms with E-state index in [2.05, 4.69) is 0 Å². The van der Waals surface area contributed by atoms with Crippen molar-refractivity contribution in [3.8, 4) is 0 Å². The highest BCUT2D eigenvalue weighted by Gasteiger charge is 2.46. The Morgan fingerprint density at radius 3 is 1.93 bits per heavy atom. The predicted molar refractivity (Wildman–Crippen MR) is 152 cm³/mol. The molecule has 0 radical (unpaired) electrons. The number of ether oxygens (including phenoxy) is 4. The van der Waals surface area contributed by atoms with Crippen molar-refractivity contribution in [1.29, 1.82) is 0 Å². The van der Waals surface area contributed by atoms with E-state index in [-0.39, 0.29) is 45.0 Å². The maximum absolute atomic E-state index is 13.4. The van der Waals surface area contributed by atoms with Crippen LogP contribution in [0.25, 0.3) is 0 Å². The molecule has 1 rings (SSSR count). The van der Waals surface area contributed by atoms with Crippen molar-refractivity contribution in [1.82, 2.24) is 0 Å². The van der Waals surface area contributed by atoms with E-state index in [0.717, 1.165) is 45.4 Å². The van der Waals surface area contributed by atoms with Gasteiger partial charge in [0.1, 0.15) is 19.3 Å². The molecule has 0 bridgehead atoms. The first-order chi connectivity index (χ1) is 20.0. The van der Waals surface area contributed by atoms with Crippen molar-refractivity contribution in [2.45, 2.75) is 130 Å². The molecule has 1 saturated carbocycles. The molecule has 2 unspecified atom stereocenters. The molecule has 1 N–H and O–H groups in total. The van der Waals surface area contributed by atoms with Gasteiger partial charge in [0.25, 0.3) is 0 Å². The second-order valence-corrected chi connectivity index (χ2v) is 12.5. The van der Waals surface area contributed by atoms with E-state index >= 15 is 0 Å².